The van der Waals surface area contributed by atoms with Crippen LogP contribution in [0.25, 0.3) is 0 Å². The van der Waals surface area contributed by atoms with Gasteiger partial charge in [0.05, 0.1) is 11.4 Å². The summed E-state index contributed by atoms with van der Waals surface area (Å²) in [7, 11) is 1.70. The molecule has 0 bridgehead atoms. The predicted octanol–water partition coefficient (Wildman–Crippen LogP) is 4.10. The molecular formula is C17H15BrF2N2O. The topological polar surface area (TPSA) is 23.6 Å². The van der Waals surface area contributed by atoms with E-state index in [0.29, 0.717) is 5.69 Å². The highest BCUT2D eigenvalue weighted by molar-refractivity contribution is 9.10. The van der Waals surface area contributed by atoms with E-state index in [4.69, 9.17) is 0 Å². The molecule has 6 heteroatoms. The Morgan fingerprint density at radius 3 is 2.43 bits per heavy atom. The molecule has 0 unspecified atom stereocenters. The third kappa shape index (κ3) is 2.72. The molecule has 3 nitrogen and oxygen atoms in total. The number of hydrogen-bond acceptors (Lipinski definition) is 2. The Morgan fingerprint density at radius 2 is 1.78 bits per heavy atom. The summed E-state index contributed by atoms with van der Waals surface area (Å²) in [5.41, 5.74) is 1.44. The number of benzene rings is 2. The highest BCUT2D eigenvalue weighted by atomic mass is 79.9. The first-order chi connectivity index (χ1) is 10.9. The van der Waals surface area contributed by atoms with E-state index >= 15 is 0 Å². The maximum absolute atomic E-state index is 14.0. The van der Waals surface area contributed by atoms with Crippen molar-refractivity contribution in [3.63, 3.8) is 0 Å². The first kappa shape index (κ1) is 15.9. The zero-order valence-electron chi connectivity index (χ0n) is 12.7. The van der Waals surface area contributed by atoms with Crippen LogP contribution in [0.4, 0.5) is 20.2 Å². The molecule has 0 saturated heterocycles. The van der Waals surface area contributed by atoms with Gasteiger partial charge in [-0.3, -0.25) is 4.79 Å². The van der Waals surface area contributed by atoms with Gasteiger partial charge in [0.15, 0.2) is 0 Å². The molecule has 1 heterocycles. The predicted molar refractivity (Wildman–Crippen MR) is 89.6 cm³/mol. The van der Waals surface area contributed by atoms with Crippen molar-refractivity contribution in [2.45, 2.75) is 19.5 Å². The third-order valence-electron chi connectivity index (χ3n) is 4.15. The Balaban J connectivity index is 2.09. The Hall–Kier alpha value is -1.95. The van der Waals surface area contributed by atoms with E-state index in [1.165, 1.54) is 18.2 Å². The van der Waals surface area contributed by atoms with Crippen molar-refractivity contribution in [3.05, 3.63) is 58.1 Å². The monoisotopic (exact) mass is 380 g/mol. The molecule has 0 N–H and O–H groups in total. The fraction of sp³-hybridized carbons (Fsp3) is 0.235. The second-order valence-corrected chi connectivity index (χ2v) is 6.45. The largest absolute Gasteiger partial charge is 0.353 e. The fourth-order valence-electron chi connectivity index (χ4n) is 2.83. The van der Waals surface area contributed by atoms with E-state index in [0.717, 1.165) is 10.2 Å². The van der Waals surface area contributed by atoms with E-state index in [1.807, 2.05) is 18.2 Å². The maximum atomic E-state index is 14.0. The number of fused-ring (bicyclic) bond motifs is 1. The molecule has 1 atom stereocenters. The summed E-state index contributed by atoms with van der Waals surface area (Å²) in [5, 5.41) is 0. The van der Waals surface area contributed by atoms with Crippen molar-refractivity contribution in [1.29, 1.82) is 0 Å². The number of amides is 1. The van der Waals surface area contributed by atoms with Crippen LogP contribution in [0.1, 0.15) is 12.5 Å². The zero-order valence-corrected chi connectivity index (χ0v) is 14.3. The Bertz CT molecular complexity index is 761. The van der Waals surface area contributed by atoms with Crippen molar-refractivity contribution in [2.75, 3.05) is 16.8 Å². The quantitative estimate of drug-likeness (QED) is 0.782. The van der Waals surface area contributed by atoms with Gasteiger partial charge in [0.25, 0.3) is 0 Å². The molecule has 1 aliphatic rings. The second kappa shape index (κ2) is 5.92. The average Bonchev–Trinajstić information content (AvgIpc) is 2.51. The molecule has 0 aliphatic carbocycles. The van der Waals surface area contributed by atoms with Gasteiger partial charge in [-0.2, -0.15) is 0 Å². The summed E-state index contributed by atoms with van der Waals surface area (Å²) in [6, 6.07) is 8.77. The number of carbonyl (C=O) groups is 1. The number of halogens is 3. The van der Waals surface area contributed by atoms with E-state index < -0.39 is 17.7 Å². The minimum Gasteiger partial charge on any atom is -0.353 e. The lowest BCUT2D eigenvalue weighted by Gasteiger charge is -2.40. The Labute approximate surface area is 141 Å². The Kier molecular flexibility index (Phi) is 4.10. The second-order valence-electron chi connectivity index (χ2n) is 5.53. The van der Waals surface area contributed by atoms with Crippen molar-refractivity contribution < 1.29 is 13.6 Å². The van der Waals surface area contributed by atoms with Crippen LogP contribution >= 0.6 is 15.9 Å². The minimum absolute atomic E-state index is 0.0112. The molecule has 0 spiro atoms. The molecule has 0 fully saturated rings. The van der Waals surface area contributed by atoms with Gasteiger partial charge in [0.2, 0.25) is 5.91 Å². The smallest absolute Gasteiger partial charge is 0.249 e. The number of hydrogen-bond donors (Lipinski definition) is 0. The highest BCUT2D eigenvalue weighted by Crippen LogP contribution is 2.38. The van der Waals surface area contributed by atoms with Crippen molar-refractivity contribution >= 4 is 33.2 Å². The van der Waals surface area contributed by atoms with E-state index in [1.54, 1.807) is 23.8 Å². The summed E-state index contributed by atoms with van der Waals surface area (Å²) < 4.78 is 28.8. The molecule has 23 heavy (non-hydrogen) atoms. The number of rotatable bonds is 2. The molecule has 0 radical (unpaired) electrons. The van der Waals surface area contributed by atoms with Gasteiger partial charge in [-0.15, -0.1) is 0 Å². The standard InChI is InChI=1S/C17H15BrF2N2O/c1-10-17(23)21(2)15-7-6-11(18)8-16(15)22(10)9-12-13(19)4-3-5-14(12)20/h3-8,10H,9H2,1-2H3/t10-/m1/s1. The van der Waals surface area contributed by atoms with Crippen LogP contribution < -0.4 is 9.80 Å². The van der Waals surface area contributed by atoms with Crippen LogP contribution in [-0.4, -0.2) is 19.0 Å². The van der Waals surface area contributed by atoms with Crippen LogP contribution in [0, 0.1) is 11.6 Å². The normalized spacial score (nSPS) is 17.4. The van der Waals surface area contributed by atoms with Crippen molar-refractivity contribution in [2.24, 2.45) is 0 Å². The lowest BCUT2D eigenvalue weighted by molar-refractivity contribution is -0.119. The highest BCUT2D eigenvalue weighted by Gasteiger charge is 2.34. The van der Waals surface area contributed by atoms with Crippen LogP contribution in [0.15, 0.2) is 40.9 Å². The Morgan fingerprint density at radius 1 is 1.13 bits per heavy atom. The van der Waals surface area contributed by atoms with E-state index in [9.17, 15) is 13.6 Å². The maximum Gasteiger partial charge on any atom is 0.249 e. The molecular weight excluding hydrogens is 366 g/mol. The van der Waals surface area contributed by atoms with Crippen LogP contribution in [-0.2, 0) is 11.3 Å². The van der Waals surface area contributed by atoms with Gasteiger partial charge in [-0.1, -0.05) is 22.0 Å². The van der Waals surface area contributed by atoms with Crippen molar-refractivity contribution in [1.82, 2.24) is 0 Å². The first-order valence-electron chi connectivity index (χ1n) is 7.17. The summed E-state index contributed by atoms with van der Waals surface area (Å²) >= 11 is 3.41. The average molecular weight is 381 g/mol. The third-order valence-corrected chi connectivity index (χ3v) is 4.65. The number of carbonyl (C=O) groups excluding carboxylic acids is 1. The molecule has 3 rings (SSSR count). The molecule has 1 aliphatic heterocycles. The van der Waals surface area contributed by atoms with E-state index in [2.05, 4.69) is 15.9 Å². The fourth-order valence-corrected chi connectivity index (χ4v) is 3.18. The number of anilines is 2. The molecule has 2 aromatic carbocycles. The zero-order chi connectivity index (χ0) is 16.7. The van der Waals surface area contributed by atoms with Gasteiger partial charge in [-0.05, 0) is 37.3 Å². The summed E-state index contributed by atoms with van der Waals surface area (Å²) in [6.45, 7) is 1.73. The summed E-state index contributed by atoms with van der Waals surface area (Å²) in [4.78, 5) is 15.7. The molecule has 120 valence electrons. The SMILES string of the molecule is C[C@@H]1C(=O)N(C)c2ccc(Br)cc2N1Cc1c(F)cccc1F. The number of nitrogens with zero attached hydrogens (tertiary/aromatic N) is 2. The van der Waals surface area contributed by atoms with Crippen molar-refractivity contribution in [3.8, 4) is 0 Å². The van der Waals surface area contributed by atoms with Crippen LogP contribution in [0.5, 0.6) is 0 Å². The molecule has 0 saturated carbocycles. The lowest BCUT2D eigenvalue weighted by Crippen LogP contribution is -2.50. The van der Waals surface area contributed by atoms with E-state index in [-0.39, 0.29) is 18.0 Å². The van der Waals surface area contributed by atoms with Crippen LogP contribution in [0.3, 0.4) is 0 Å². The van der Waals surface area contributed by atoms with Gasteiger partial charge >= 0.3 is 0 Å². The van der Waals surface area contributed by atoms with Crippen LogP contribution in [0.2, 0.25) is 0 Å². The molecule has 2 aromatic rings. The lowest BCUT2D eigenvalue weighted by atomic mass is 10.1. The van der Waals surface area contributed by atoms with Gasteiger partial charge in [0, 0.05) is 23.6 Å². The summed E-state index contributed by atoms with van der Waals surface area (Å²) in [6.07, 6.45) is 0. The first-order valence-corrected chi connectivity index (χ1v) is 7.96. The van der Waals surface area contributed by atoms with Gasteiger partial charge in [-0.25, -0.2) is 8.78 Å². The van der Waals surface area contributed by atoms with Gasteiger partial charge in [0.1, 0.15) is 17.7 Å². The number of likely N-dealkylation sites (N-methyl/N-ethyl adjacent to an activating group) is 1. The minimum atomic E-state index is -0.611. The van der Waals surface area contributed by atoms with Gasteiger partial charge < -0.3 is 9.80 Å². The molecule has 0 aromatic heterocycles. The summed E-state index contributed by atoms with van der Waals surface area (Å²) in [5.74, 6) is -1.34. The molecule has 1 amide bonds.